The smallest absolute Gasteiger partial charge is 0.145 e. The zero-order chi connectivity index (χ0) is 8.81. The van der Waals surface area contributed by atoms with Crippen LogP contribution in [0.2, 0.25) is 0 Å². The molecule has 1 heteroatoms. The van der Waals surface area contributed by atoms with E-state index in [0.717, 1.165) is 37.5 Å². The van der Waals surface area contributed by atoms with Crippen LogP contribution in [0.15, 0.2) is 30.0 Å². The van der Waals surface area contributed by atoms with Gasteiger partial charge in [0, 0.05) is 0 Å². The summed E-state index contributed by atoms with van der Waals surface area (Å²) in [5.74, 6) is 0.566. The molecule has 0 bridgehead atoms. The lowest BCUT2D eigenvalue weighted by Crippen LogP contribution is -1.93. The van der Waals surface area contributed by atoms with E-state index in [1.807, 2.05) is 12.2 Å². The first-order valence-corrected chi connectivity index (χ1v) is 4.37. The fourth-order valence-electron chi connectivity index (χ4n) is 1.52. The average molecular weight is 162 g/mol. The van der Waals surface area contributed by atoms with Crippen LogP contribution < -0.4 is 0 Å². The minimum absolute atomic E-state index is 0.566. The zero-order valence-electron chi connectivity index (χ0n) is 7.25. The third kappa shape index (κ3) is 2.52. The number of aldehydes is 1. The lowest BCUT2D eigenvalue weighted by molar-refractivity contribution is -0.105. The molecule has 0 radical (unpaired) electrons. The molecular weight excluding hydrogens is 148 g/mol. The minimum Gasteiger partial charge on any atom is -0.298 e. The van der Waals surface area contributed by atoms with Crippen LogP contribution in [0, 0.1) is 5.92 Å². The van der Waals surface area contributed by atoms with Gasteiger partial charge in [-0.05, 0) is 43.3 Å². The van der Waals surface area contributed by atoms with Gasteiger partial charge in [-0.3, -0.25) is 4.79 Å². The summed E-state index contributed by atoms with van der Waals surface area (Å²) in [6, 6.07) is 0. The van der Waals surface area contributed by atoms with Crippen LogP contribution in [-0.2, 0) is 4.79 Å². The predicted octanol–water partition coefficient (Wildman–Crippen LogP) is 2.64. The van der Waals surface area contributed by atoms with Crippen molar-refractivity contribution >= 4 is 6.29 Å². The van der Waals surface area contributed by atoms with E-state index >= 15 is 0 Å². The second-order valence-electron chi connectivity index (χ2n) is 3.14. The van der Waals surface area contributed by atoms with Crippen LogP contribution in [0.3, 0.4) is 0 Å². The molecule has 0 aromatic heterocycles. The molecular formula is C11H14O. The Morgan fingerprint density at radius 1 is 1.58 bits per heavy atom. The van der Waals surface area contributed by atoms with E-state index < -0.39 is 0 Å². The summed E-state index contributed by atoms with van der Waals surface area (Å²) >= 11 is 0. The number of carbonyl (C=O) groups is 1. The van der Waals surface area contributed by atoms with Crippen LogP contribution in [0.4, 0.5) is 0 Å². The van der Waals surface area contributed by atoms with Gasteiger partial charge in [0.15, 0.2) is 0 Å². The van der Waals surface area contributed by atoms with Crippen molar-refractivity contribution in [3.63, 3.8) is 0 Å². The first-order chi connectivity index (χ1) is 5.86. The van der Waals surface area contributed by atoms with Crippen LogP contribution in [-0.4, -0.2) is 6.29 Å². The van der Waals surface area contributed by atoms with E-state index in [4.69, 9.17) is 0 Å². The summed E-state index contributed by atoms with van der Waals surface area (Å²) in [7, 11) is 0. The van der Waals surface area contributed by atoms with Gasteiger partial charge < -0.3 is 0 Å². The third-order valence-corrected chi connectivity index (χ3v) is 2.25. The highest BCUT2D eigenvalue weighted by Crippen LogP contribution is 2.22. The lowest BCUT2D eigenvalue weighted by Gasteiger charge is -2.05. The van der Waals surface area contributed by atoms with Crippen molar-refractivity contribution in [2.24, 2.45) is 5.92 Å². The highest BCUT2D eigenvalue weighted by molar-refractivity contribution is 5.73. The highest BCUT2D eigenvalue weighted by Gasteiger charge is 2.09. The molecule has 0 aliphatic heterocycles. The molecule has 1 unspecified atom stereocenters. The summed E-state index contributed by atoms with van der Waals surface area (Å²) in [4.78, 5) is 10.5. The number of hydrogen-bond donors (Lipinski definition) is 0. The first kappa shape index (κ1) is 9.02. The van der Waals surface area contributed by atoms with E-state index in [2.05, 4.69) is 12.3 Å². The summed E-state index contributed by atoms with van der Waals surface area (Å²) in [6.45, 7) is 3.56. The fourth-order valence-corrected chi connectivity index (χ4v) is 1.52. The average Bonchev–Trinajstić information content (AvgIpc) is 2.31. The van der Waals surface area contributed by atoms with Crippen LogP contribution >= 0.6 is 0 Å². The normalized spacial score (nSPS) is 23.3. The maximum absolute atomic E-state index is 10.5. The third-order valence-electron chi connectivity index (χ3n) is 2.25. The quantitative estimate of drug-likeness (QED) is 0.450. The Kier molecular flexibility index (Phi) is 3.56. The summed E-state index contributed by atoms with van der Waals surface area (Å²) < 4.78 is 0. The topological polar surface area (TPSA) is 17.1 Å². The molecule has 1 aliphatic carbocycles. The molecule has 0 fully saturated rings. The largest absolute Gasteiger partial charge is 0.298 e. The van der Waals surface area contributed by atoms with Gasteiger partial charge in [-0.15, -0.1) is 5.73 Å². The zero-order valence-corrected chi connectivity index (χ0v) is 7.25. The molecule has 0 spiro atoms. The van der Waals surface area contributed by atoms with Gasteiger partial charge in [0.25, 0.3) is 0 Å². The van der Waals surface area contributed by atoms with Gasteiger partial charge in [0.2, 0.25) is 0 Å². The number of allylic oxidation sites excluding steroid dienone is 3. The Bertz CT molecular complexity index is 231. The van der Waals surface area contributed by atoms with Crippen molar-refractivity contribution in [1.82, 2.24) is 0 Å². The monoisotopic (exact) mass is 162 g/mol. The molecule has 0 heterocycles. The van der Waals surface area contributed by atoms with E-state index in [-0.39, 0.29) is 0 Å². The van der Waals surface area contributed by atoms with E-state index in [1.165, 1.54) is 0 Å². The molecule has 0 saturated heterocycles. The molecule has 1 nitrogen and oxygen atoms in total. The molecule has 64 valence electrons. The number of carbonyl (C=O) groups excluding carboxylic acids is 1. The molecule has 0 saturated carbocycles. The maximum Gasteiger partial charge on any atom is 0.145 e. The standard InChI is InChI=1S/C11H14O/c1-2-4-10-5-3-6-11(9-12)8-7-10/h4,6,9-10H,1,3,5,7-8H2. The van der Waals surface area contributed by atoms with Crippen LogP contribution in [0.5, 0.6) is 0 Å². The summed E-state index contributed by atoms with van der Waals surface area (Å²) in [5, 5.41) is 0. The molecule has 0 aromatic rings. The van der Waals surface area contributed by atoms with Gasteiger partial charge in [-0.2, -0.15) is 0 Å². The van der Waals surface area contributed by atoms with Crippen molar-refractivity contribution in [2.75, 3.05) is 0 Å². The van der Waals surface area contributed by atoms with Crippen molar-refractivity contribution in [3.05, 3.63) is 30.0 Å². The summed E-state index contributed by atoms with van der Waals surface area (Å²) in [6.07, 6.45) is 9.14. The Morgan fingerprint density at radius 3 is 3.08 bits per heavy atom. The van der Waals surface area contributed by atoms with Gasteiger partial charge >= 0.3 is 0 Å². The molecule has 0 N–H and O–H groups in total. The molecule has 1 atom stereocenters. The van der Waals surface area contributed by atoms with Crippen LogP contribution in [0.1, 0.15) is 25.7 Å². The van der Waals surface area contributed by atoms with Crippen molar-refractivity contribution < 1.29 is 4.79 Å². The minimum atomic E-state index is 0.566. The highest BCUT2D eigenvalue weighted by atomic mass is 16.1. The molecule has 0 amide bonds. The molecule has 1 aliphatic rings. The molecule has 0 aromatic carbocycles. The second-order valence-corrected chi connectivity index (χ2v) is 3.14. The molecule has 1 rings (SSSR count). The van der Waals surface area contributed by atoms with Crippen molar-refractivity contribution in [1.29, 1.82) is 0 Å². The van der Waals surface area contributed by atoms with Crippen molar-refractivity contribution in [2.45, 2.75) is 25.7 Å². The van der Waals surface area contributed by atoms with Gasteiger partial charge in [0.05, 0.1) is 0 Å². The second kappa shape index (κ2) is 4.74. The Morgan fingerprint density at radius 2 is 2.42 bits per heavy atom. The maximum atomic E-state index is 10.5. The van der Waals surface area contributed by atoms with Gasteiger partial charge in [0.1, 0.15) is 6.29 Å². The summed E-state index contributed by atoms with van der Waals surface area (Å²) in [5.41, 5.74) is 3.77. The Labute approximate surface area is 73.5 Å². The fraction of sp³-hybridized carbons (Fsp3) is 0.455. The van der Waals surface area contributed by atoms with E-state index in [9.17, 15) is 4.79 Å². The first-order valence-electron chi connectivity index (χ1n) is 4.37. The van der Waals surface area contributed by atoms with E-state index in [1.54, 1.807) is 0 Å². The van der Waals surface area contributed by atoms with E-state index in [0.29, 0.717) is 5.92 Å². The van der Waals surface area contributed by atoms with Crippen LogP contribution in [0.25, 0.3) is 0 Å². The SMILES string of the molecule is C=C=CC1CCC=C(C=O)CC1. The number of rotatable bonds is 2. The van der Waals surface area contributed by atoms with Gasteiger partial charge in [-0.25, -0.2) is 0 Å². The predicted molar refractivity (Wildman–Crippen MR) is 49.8 cm³/mol. The lowest BCUT2D eigenvalue weighted by atomic mass is 9.99. The van der Waals surface area contributed by atoms with Gasteiger partial charge in [-0.1, -0.05) is 12.7 Å². The Balaban J connectivity index is 2.52. The molecule has 12 heavy (non-hydrogen) atoms. The Hall–Kier alpha value is -1.07. The van der Waals surface area contributed by atoms with Crippen molar-refractivity contribution in [3.8, 4) is 0 Å². The number of hydrogen-bond acceptors (Lipinski definition) is 1.